The van der Waals surface area contributed by atoms with Crippen molar-refractivity contribution in [3.63, 3.8) is 0 Å². The van der Waals surface area contributed by atoms with Gasteiger partial charge in [-0.2, -0.15) is 0 Å². The molecule has 0 atom stereocenters. The third kappa shape index (κ3) is 4.14. The van der Waals surface area contributed by atoms with Gasteiger partial charge in [0.15, 0.2) is 0 Å². The molecule has 0 saturated carbocycles. The molecule has 0 unspecified atom stereocenters. The number of hydrogen-bond acceptors (Lipinski definition) is 2. The lowest BCUT2D eigenvalue weighted by atomic mass is 10.4. The Labute approximate surface area is 67.0 Å². The molecule has 1 N–H and O–H groups in total. The molecule has 0 aliphatic carbocycles. The maximum absolute atomic E-state index is 3.85. The molecule has 1 aromatic rings. The molecular weight excluding hydrogens is 136 g/mol. The lowest BCUT2D eigenvalue weighted by molar-refractivity contribution is 0.965. The van der Waals surface area contributed by atoms with E-state index in [1.807, 2.05) is 36.4 Å². The highest BCUT2D eigenvalue weighted by molar-refractivity contribution is 5.56. The van der Waals surface area contributed by atoms with Crippen LogP contribution in [0.5, 0.6) is 0 Å². The maximum Gasteiger partial charge on any atom is 0.0825 e. The molecule has 0 saturated heterocycles. The first-order chi connectivity index (χ1) is 5.50. The van der Waals surface area contributed by atoms with Gasteiger partial charge in [-0.1, -0.05) is 36.4 Å². The molecule has 2 heteroatoms. The SMILES string of the molecule is C1=NCCN1.c1ccccc1. The zero-order valence-corrected chi connectivity index (χ0v) is 6.40. The van der Waals surface area contributed by atoms with Gasteiger partial charge < -0.3 is 5.32 Å². The van der Waals surface area contributed by atoms with E-state index in [0.29, 0.717) is 0 Å². The highest BCUT2D eigenvalue weighted by atomic mass is 15.0. The molecule has 11 heavy (non-hydrogen) atoms. The number of hydrogen-bond donors (Lipinski definition) is 1. The van der Waals surface area contributed by atoms with Crippen LogP contribution in [0.15, 0.2) is 41.4 Å². The van der Waals surface area contributed by atoms with E-state index in [-0.39, 0.29) is 0 Å². The van der Waals surface area contributed by atoms with Crippen LogP contribution in [-0.2, 0) is 0 Å². The van der Waals surface area contributed by atoms with Gasteiger partial charge in [-0.25, -0.2) is 0 Å². The van der Waals surface area contributed by atoms with Crippen molar-refractivity contribution in [2.24, 2.45) is 4.99 Å². The predicted molar refractivity (Wildman–Crippen MR) is 47.8 cm³/mol. The van der Waals surface area contributed by atoms with Crippen LogP contribution in [0, 0.1) is 0 Å². The lowest BCUT2D eigenvalue weighted by Crippen LogP contribution is -2.04. The average Bonchev–Trinajstić information content (AvgIpc) is 2.64. The first-order valence-electron chi connectivity index (χ1n) is 3.72. The zero-order chi connectivity index (χ0) is 7.78. The fourth-order valence-electron chi connectivity index (χ4n) is 0.708. The first kappa shape index (κ1) is 7.79. The largest absolute Gasteiger partial charge is 0.375 e. The van der Waals surface area contributed by atoms with Crippen molar-refractivity contribution < 1.29 is 0 Å². The van der Waals surface area contributed by atoms with Crippen molar-refractivity contribution in [3.8, 4) is 0 Å². The highest BCUT2D eigenvalue weighted by Crippen LogP contribution is 1.79. The van der Waals surface area contributed by atoms with Crippen LogP contribution < -0.4 is 5.32 Å². The van der Waals surface area contributed by atoms with E-state index in [0.717, 1.165) is 13.1 Å². The van der Waals surface area contributed by atoms with Gasteiger partial charge in [-0.3, -0.25) is 4.99 Å². The lowest BCUT2D eigenvalue weighted by Gasteiger charge is -1.75. The molecule has 1 heterocycles. The van der Waals surface area contributed by atoms with Crippen molar-refractivity contribution >= 4 is 6.34 Å². The van der Waals surface area contributed by atoms with Gasteiger partial charge in [0.1, 0.15) is 0 Å². The Morgan fingerprint density at radius 3 is 1.64 bits per heavy atom. The standard InChI is InChI=1S/C6H6.C3H6N2/c1-2-4-6-5-3-1;1-2-5-3-4-1/h1-6H;3H,1-2H2,(H,4,5). The first-order valence-corrected chi connectivity index (χ1v) is 3.72. The summed E-state index contributed by atoms with van der Waals surface area (Å²) < 4.78 is 0. The molecule has 58 valence electrons. The molecule has 0 spiro atoms. The number of aliphatic imine (C=N–C) groups is 1. The third-order valence-corrected chi connectivity index (χ3v) is 1.23. The Balaban J connectivity index is 0.000000112. The van der Waals surface area contributed by atoms with E-state index in [1.165, 1.54) is 0 Å². The quantitative estimate of drug-likeness (QED) is 0.589. The van der Waals surface area contributed by atoms with Crippen molar-refractivity contribution in [1.82, 2.24) is 5.32 Å². The molecule has 2 rings (SSSR count). The second-order valence-electron chi connectivity index (χ2n) is 2.14. The van der Waals surface area contributed by atoms with E-state index in [4.69, 9.17) is 0 Å². The molecule has 2 nitrogen and oxygen atoms in total. The monoisotopic (exact) mass is 148 g/mol. The molecule has 0 fully saturated rings. The van der Waals surface area contributed by atoms with Crippen molar-refractivity contribution in [1.29, 1.82) is 0 Å². The fraction of sp³-hybridized carbons (Fsp3) is 0.222. The third-order valence-electron chi connectivity index (χ3n) is 1.23. The summed E-state index contributed by atoms with van der Waals surface area (Å²) in [4.78, 5) is 3.85. The molecule has 1 aliphatic rings. The summed E-state index contributed by atoms with van der Waals surface area (Å²) in [6, 6.07) is 12.0. The summed E-state index contributed by atoms with van der Waals surface area (Å²) in [5.74, 6) is 0. The molecule has 0 aromatic heterocycles. The Kier molecular flexibility index (Phi) is 3.88. The van der Waals surface area contributed by atoms with Crippen molar-refractivity contribution in [2.45, 2.75) is 0 Å². The van der Waals surface area contributed by atoms with Crippen molar-refractivity contribution in [2.75, 3.05) is 13.1 Å². The van der Waals surface area contributed by atoms with Crippen LogP contribution in [0.25, 0.3) is 0 Å². The summed E-state index contributed by atoms with van der Waals surface area (Å²) in [7, 11) is 0. The number of nitrogens with zero attached hydrogens (tertiary/aromatic N) is 1. The zero-order valence-electron chi connectivity index (χ0n) is 6.40. The van der Waals surface area contributed by atoms with E-state index in [1.54, 1.807) is 6.34 Å². The van der Waals surface area contributed by atoms with E-state index < -0.39 is 0 Å². The van der Waals surface area contributed by atoms with Gasteiger partial charge in [0.05, 0.1) is 12.9 Å². The van der Waals surface area contributed by atoms with Gasteiger partial charge >= 0.3 is 0 Å². The molecule has 0 amide bonds. The molecule has 0 radical (unpaired) electrons. The second kappa shape index (κ2) is 5.47. The Hall–Kier alpha value is -1.31. The van der Waals surface area contributed by atoms with Crippen LogP contribution in [-0.4, -0.2) is 19.4 Å². The Morgan fingerprint density at radius 2 is 1.45 bits per heavy atom. The summed E-state index contributed by atoms with van der Waals surface area (Å²) in [6.45, 7) is 1.99. The molecule has 1 aliphatic heterocycles. The second-order valence-corrected chi connectivity index (χ2v) is 2.14. The van der Waals surface area contributed by atoms with Crippen LogP contribution >= 0.6 is 0 Å². The fourth-order valence-corrected chi connectivity index (χ4v) is 0.708. The van der Waals surface area contributed by atoms with Gasteiger partial charge in [-0.05, 0) is 0 Å². The van der Waals surface area contributed by atoms with E-state index in [9.17, 15) is 0 Å². The minimum absolute atomic E-state index is 0.958. The Bertz CT molecular complexity index is 161. The smallest absolute Gasteiger partial charge is 0.0825 e. The molecule has 0 bridgehead atoms. The van der Waals surface area contributed by atoms with Gasteiger partial charge in [0, 0.05) is 6.54 Å². The Morgan fingerprint density at radius 1 is 0.909 bits per heavy atom. The highest BCUT2D eigenvalue weighted by Gasteiger charge is 1.82. The van der Waals surface area contributed by atoms with Crippen molar-refractivity contribution in [3.05, 3.63) is 36.4 Å². The van der Waals surface area contributed by atoms with E-state index in [2.05, 4.69) is 10.3 Å². The molecular formula is C9H12N2. The predicted octanol–water partition coefficient (Wildman–Crippen LogP) is 1.30. The topological polar surface area (TPSA) is 24.4 Å². The van der Waals surface area contributed by atoms with Crippen LogP contribution in [0.4, 0.5) is 0 Å². The summed E-state index contributed by atoms with van der Waals surface area (Å²) in [6.07, 6.45) is 1.74. The average molecular weight is 148 g/mol. The minimum Gasteiger partial charge on any atom is -0.375 e. The van der Waals surface area contributed by atoms with Crippen LogP contribution in [0.2, 0.25) is 0 Å². The van der Waals surface area contributed by atoms with Gasteiger partial charge in [0.2, 0.25) is 0 Å². The summed E-state index contributed by atoms with van der Waals surface area (Å²) in [5, 5.41) is 2.93. The number of rotatable bonds is 0. The van der Waals surface area contributed by atoms with E-state index >= 15 is 0 Å². The summed E-state index contributed by atoms with van der Waals surface area (Å²) >= 11 is 0. The molecule has 1 aromatic carbocycles. The maximum atomic E-state index is 3.85. The van der Waals surface area contributed by atoms with Gasteiger partial charge in [-0.15, -0.1) is 0 Å². The summed E-state index contributed by atoms with van der Waals surface area (Å²) in [5.41, 5.74) is 0. The minimum atomic E-state index is 0.958. The number of nitrogens with one attached hydrogen (secondary N) is 1. The van der Waals surface area contributed by atoms with Crippen LogP contribution in [0.3, 0.4) is 0 Å². The number of benzene rings is 1. The normalized spacial score (nSPS) is 13.1. The van der Waals surface area contributed by atoms with Gasteiger partial charge in [0.25, 0.3) is 0 Å². The van der Waals surface area contributed by atoms with Crippen LogP contribution in [0.1, 0.15) is 0 Å².